The Bertz CT molecular complexity index is 1190. The molecule has 1 amide bonds. The van der Waals surface area contributed by atoms with E-state index in [1.807, 2.05) is 18.2 Å². The van der Waals surface area contributed by atoms with Gasteiger partial charge in [-0.15, -0.1) is 0 Å². The largest absolute Gasteiger partial charge is 0.412 e. The average Bonchev–Trinajstić information content (AvgIpc) is 3.57. The van der Waals surface area contributed by atoms with Crippen LogP contribution in [0.3, 0.4) is 0 Å². The van der Waals surface area contributed by atoms with Crippen LogP contribution in [-0.2, 0) is 10.8 Å². The van der Waals surface area contributed by atoms with Crippen molar-refractivity contribution in [2.75, 3.05) is 6.54 Å². The minimum atomic E-state index is -0.477. The third-order valence-electron chi connectivity index (χ3n) is 6.68. The zero-order chi connectivity index (χ0) is 22.7. The first-order valence-corrected chi connectivity index (χ1v) is 11.4. The fourth-order valence-electron chi connectivity index (χ4n) is 5.07. The Balaban J connectivity index is 1.50. The van der Waals surface area contributed by atoms with Gasteiger partial charge < -0.3 is 10.1 Å². The number of rotatable bonds is 6. The topological polar surface area (TPSA) is 38.3 Å². The molecule has 1 saturated carbocycles. The quantitative estimate of drug-likeness (QED) is 0.350. The first kappa shape index (κ1) is 21.3. The van der Waals surface area contributed by atoms with Crippen molar-refractivity contribution in [2.24, 2.45) is 0 Å². The Morgan fingerprint density at radius 1 is 0.727 bits per heavy atom. The van der Waals surface area contributed by atoms with Gasteiger partial charge in [0.2, 0.25) is 0 Å². The molecular formula is C29H24ClNO2. The van der Waals surface area contributed by atoms with E-state index in [-0.39, 0.29) is 10.8 Å². The second-order valence-corrected chi connectivity index (χ2v) is 8.90. The molecular weight excluding hydrogens is 430 g/mol. The van der Waals surface area contributed by atoms with E-state index >= 15 is 0 Å². The lowest BCUT2D eigenvalue weighted by atomic mass is 9.77. The summed E-state index contributed by atoms with van der Waals surface area (Å²) < 4.78 is 5.50. The number of carbonyl (C=O) groups is 1. The van der Waals surface area contributed by atoms with Crippen LogP contribution in [0.4, 0.5) is 4.79 Å². The van der Waals surface area contributed by atoms with Gasteiger partial charge in [-0.3, -0.25) is 0 Å². The van der Waals surface area contributed by atoms with Crippen molar-refractivity contribution < 1.29 is 9.53 Å². The highest BCUT2D eigenvalue weighted by Gasteiger charge is 2.69. The second-order valence-electron chi connectivity index (χ2n) is 8.46. The maximum absolute atomic E-state index is 12.7. The fraction of sp³-hybridized carbons (Fsp3) is 0.138. The Morgan fingerprint density at radius 3 is 1.73 bits per heavy atom. The molecule has 1 aliphatic rings. The molecule has 1 N–H and O–H groups in total. The van der Waals surface area contributed by atoms with Gasteiger partial charge in [-0.1, -0.05) is 103 Å². The van der Waals surface area contributed by atoms with Crippen molar-refractivity contribution >= 4 is 17.7 Å². The van der Waals surface area contributed by atoms with E-state index in [4.69, 9.17) is 16.3 Å². The van der Waals surface area contributed by atoms with E-state index in [0.717, 1.165) is 6.42 Å². The molecule has 0 saturated heterocycles. The van der Waals surface area contributed by atoms with E-state index in [1.54, 1.807) is 24.3 Å². The number of carbonyl (C=O) groups excluding carboxylic acids is 1. The minimum Gasteiger partial charge on any atom is -0.410 e. The van der Waals surface area contributed by atoms with Crippen LogP contribution in [0.25, 0.3) is 0 Å². The summed E-state index contributed by atoms with van der Waals surface area (Å²) in [6, 6.07) is 38.3. The first-order chi connectivity index (χ1) is 16.1. The number of ether oxygens (including phenoxy) is 1. The minimum absolute atomic E-state index is 0.246. The maximum Gasteiger partial charge on any atom is 0.412 e. The summed E-state index contributed by atoms with van der Waals surface area (Å²) >= 11 is 5.94. The zero-order valence-corrected chi connectivity index (χ0v) is 18.8. The Morgan fingerprint density at radius 2 is 1.21 bits per heavy atom. The van der Waals surface area contributed by atoms with Gasteiger partial charge >= 0.3 is 6.09 Å². The molecule has 164 valence electrons. The van der Waals surface area contributed by atoms with Gasteiger partial charge in [-0.05, 0) is 47.4 Å². The molecule has 1 aliphatic carbocycles. The molecule has 0 spiro atoms. The van der Waals surface area contributed by atoms with Crippen LogP contribution >= 0.6 is 11.6 Å². The molecule has 0 heterocycles. The summed E-state index contributed by atoms with van der Waals surface area (Å²) in [7, 11) is 0. The number of hydrogen-bond donors (Lipinski definition) is 1. The van der Waals surface area contributed by atoms with Crippen LogP contribution in [-0.4, -0.2) is 12.6 Å². The Kier molecular flexibility index (Phi) is 5.65. The zero-order valence-electron chi connectivity index (χ0n) is 18.1. The Labute approximate surface area is 199 Å². The number of benzene rings is 4. The molecule has 4 aromatic carbocycles. The van der Waals surface area contributed by atoms with Crippen LogP contribution in [0.15, 0.2) is 115 Å². The molecule has 5 rings (SSSR count). The molecule has 1 fully saturated rings. The second kappa shape index (κ2) is 8.76. The third-order valence-corrected chi connectivity index (χ3v) is 6.93. The molecule has 4 aromatic rings. The molecule has 1 atom stereocenters. The molecule has 4 heteroatoms. The van der Waals surface area contributed by atoms with Crippen LogP contribution in [0.1, 0.15) is 23.1 Å². The number of amides is 1. The van der Waals surface area contributed by atoms with Gasteiger partial charge in [-0.25, -0.2) is 4.79 Å². The monoisotopic (exact) mass is 453 g/mol. The molecule has 0 radical (unpaired) electrons. The molecule has 33 heavy (non-hydrogen) atoms. The highest BCUT2D eigenvalue weighted by atomic mass is 35.5. The van der Waals surface area contributed by atoms with Crippen molar-refractivity contribution in [3.8, 4) is 5.75 Å². The van der Waals surface area contributed by atoms with Crippen molar-refractivity contribution in [1.82, 2.24) is 5.32 Å². The van der Waals surface area contributed by atoms with Crippen molar-refractivity contribution in [3.63, 3.8) is 0 Å². The lowest BCUT2D eigenvalue weighted by molar-refractivity contribution is 0.199. The predicted octanol–water partition coefficient (Wildman–Crippen LogP) is 6.76. The third kappa shape index (κ3) is 3.90. The average molecular weight is 454 g/mol. The standard InChI is InChI=1S/C29H24ClNO2/c30-25-16-18-26(19-17-25)33-27(32)31-21-28(22-10-4-1-5-11-22)20-29(28,23-12-6-2-7-13-23)24-14-8-3-9-15-24/h1-19H,20-21H2,(H,31,32). The summed E-state index contributed by atoms with van der Waals surface area (Å²) in [5.74, 6) is 0.457. The van der Waals surface area contributed by atoms with E-state index in [9.17, 15) is 4.79 Å². The molecule has 0 aromatic heterocycles. The lowest BCUT2D eigenvalue weighted by Gasteiger charge is -2.28. The van der Waals surface area contributed by atoms with Crippen molar-refractivity contribution in [1.29, 1.82) is 0 Å². The van der Waals surface area contributed by atoms with Gasteiger partial charge in [0, 0.05) is 22.4 Å². The summed E-state index contributed by atoms with van der Waals surface area (Å²) in [6.07, 6.45) is 0.411. The maximum atomic E-state index is 12.7. The number of nitrogens with one attached hydrogen (secondary N) is 1. The first-order valence-electron chi connectivity index (χ1n) is 11.0. The SMILES string of the molecule is O=C(NCC1(c2ccccc2)CC1(c1ccccc1)c1ccccc1)Oc1ccc(Cl)cc1. The van der Waals surface area contributed by atoms with Crippen LogP contribution < -0.4 is 10.1 Å². The van der Waals surface area contributed by atoms with E-state index < -0.39 is 6.09 Å². The lowest BCUT2D eigenvalue weighted by Crippen LogP contribution is -2.38. The summed E-state index contributed by atoms with van der Waals surface area (Å²) in [6.45, 7) is 0.452. The van der Waals surface area contributed by atoms with Crippen molar-refractivity contribution in [2.45, 2.75) is 17.3 Å². The van der Waals surface area contributed by atoms with Gasteiger partial charge in [0.05, 0.1) is 0 Å². The van der Waals surface area contributed by atoms with E-state index in [1.165, 1.54) is 16.7 Å². The number of hydrogen-bond acceptors (Lipinski definition) is 2. The smallest absolute Gasteiger partial charge is 0.410 e. The Hall–Kier alpha value is -3.56. The van der Waals surface area contributed by atoms with E-state index in [2.05, 4.69) is 78.1 Å². The highest BCUT2D eigenvalue weighted by Crippen LogP contribution is 2.68. The predicted molar refractivity (Wildman–Crippen MR) is 132 cm³/mol. The van der Waals surface area contributed by atoms with E-state index in [0.29, 0.717) is 17.3 Å². The fourth-order valence-corrected chi connectivity index (χ4v) is 5.19. The number of halogens is 1. The van der Waals surface area contributed by atoms with Gasteiger partial charge in [0.15, 0.2) is 0 Å². The highest BCUT2D eigenvalue weighted by molar-refractivity contribution is 6.30. The molecule has 0 aliphatic heterocycles. The summed E-state index contributed by atoms with van der Waals surface area (Å²) in [5.41, 5.74) is 3.14. The van der Waals surface area contributed by atoms with Crippen LogP contribution in [0, 0.1) is 0 Å². The normalized spacial score (nSPS) is 18.3. The molecule has 0 bridgehead atoms. The molecule has 1 unspecified atom stereocenters. The van der Waals surface area contributed by atoms with Gasteiger partial charge in [-0.2, -0.15) is 0 Å². The van der Waals surface area contributed by atoms with Crippen LogP contribution in [0.2, 0.25) is 5.02 Å². The van der Waals surface area contributed by atoms with Crippen LogP contribution in [0.5, 0.6) is 5.75 Å². The molecule has 3 nitrogen and oxygen atoms in total. The summed E-state index contributed by atoms with van der Waals surface area (Å²) in [4.78, 5) is 12.7. The van der Waals surface area contributed by atoms with Gasteiger partial charge in [0.25, 0.3) is 0 Å². The van der Waals surface area contributed by atoms with Gasteiger partial charge in [0.1, 0.15) is 5.75 Å². The van der Waals surface area contributed by atoms with Crippen molar-refractivity contribution in [3.05, 3.63) is 137 Å². The summed E-state index contributed by atoms with van der Waals surface area (Å²) in [5, 5.41) is 3.64.